The average molecular weight is 411 g/mol. The molecule has 0 spiro atoms. The van der Waals surface area contributed by atoms with Crippen molar-refractivity contribution < 1.29 is 17.9 Å². The molecule has 3 rings (SSSR count). The van der Waals surface area contributed by atoms with E-state index in [1.165, 1.54) is 36.6 Å². The molecule has 136 valence electrons. The number of nitrogens with two attached hydrogens (primary N) is 1. The molecule has 0 aliphatic carbocycles. The smallest absolute Gasteiger partial charge is 0.267 e. The molecule has 1 aromatic heterocycles. The highest BCUT2D eigenvalue weighted by Gasteiger charge is 2.20. The number of rotatable bonds is 4. The molecule has 3 aromatic rings. The minimum Gasteiger partial charge on any atom is -0.495 e. The fourth-order valence-corrected chi connectivity index (χ4v) is 4.88. The summed E-state index contributed by atoms with van der Waals surface area (Å²) in [4.78, 5) is 12.8. The summed E-state index contributed by atoms with van der Waals surface area (Å²) in [6.45, 7) is 1.92. The van der Waals surface area contributed by atoms with Crippen molar-refractivity contribution in [2.24, 2.45) is 5.14 Å². The maximum atomic E-state index is 12.6. The van der Waals surface area contributed by atoms with Crippen LogP contribution in [0.4, 0.5) is 5.69 Å². The molecule has 0 unspecified atom stereocenters. The van der Waals surface area contributed by atoms with Crippen molar-refractivity contribution in [1.82, 2.24) is 0 Å². The van der Waals surface area contributed by atoms with Crippen LogP contribution in [0.1, 0.15) is 15.2 Å². The number of anilines is 1. The highest BCUT2D eigenvalue weighted by Crippen LogP contribution is 2.37. The number of carbonyl (C=O) groups is 1. The Balaban J connectivity index is 1.99. The van der Waals surface area contributed by atoms with E-state index in [4.69, 9.17) is 21.5 Å². The Labute approximate surface area is 159 Å². The molecule has 1 amide bonds. The van der Waals surface area contributed by atoms with E-state index in [1.54, 1.807) is 0 Å². The molecular formula is C17H15ClN2O4S2. The topological polar surface area (TPSA) is 98.5 Å². The first-order chi connectivity index (χ1) is 12.2. The lowest BCUT2D eigenvalue weighted by Gasteiger charge is -2.10. The Hall–Kier alpha value is -2.13. The zero-order valence-electron chi connectivity index (χ0n) is 13.9. The molecule has 0 saturated heterocycles. The van der Waals surface area contributed by atoms with E-state index < -0.39 is 15.9 Å². The molecule has 1 heterocycles. The van der Waals surface area contributed by atoms with Gasteiger partial charge in [0.15, 0.2) is 0 Å². The maximum absolute atomic E-state index is 12.6. The van der Waals surface area contributed by atoms with Gasteiger partial charge in [0.05, 0.1) is 12.1 Å². The third-order valence-electron chi connectivity index (χ3n) is 3.80. The van der Waals surface area contributed by atoms with Crippen LogP contribution in [0.2, 0.25) is 5.02 Å². The van der Waals surface area contributed by atoms with Gasteiger partial charge in [0.25, 0.3) is 5.91 Å². The number of halogens is 1. The zero-order valence-corrected chi connectivity index (χ0v) is 16.3. The van der Waals surface area contributed by atoms with Crippen LogP contribution in [0.5, 0.6) is 5.75 Å². The molecule has 26 heavy (non-hydrogen) atoms. The second kappa shape index (κ2) is 6.88. The molecule has 0 aliphatic rings. The van der Waals surface area contributed by atoms with Crippen molar-refractivity contribution >= 4 is 54.6 Å². The van der Waals surface area contributed by atoms with Crippen LogP contribution in [0.25, 0.3) is 10.1 Å². The minimum atomic E-state index is -4.00. The molecule has 0 aliphatic heterocycles. The van der Waals surface area contributed by atoms with Gasteiger partial charge >= 0.3 is 0 Å². The number of amides is 1. The number of nitrogens with one attached hydrogen (secondary N) is 1. The Morgan fingerprint density at radius 1 is 1.27 bits per heavy atom. The SMILES string of the molecule is COc1ccc(NC(=O)c2sc3cccc(C)c3c2Cl)cc1S(N)(=O)=O. The van der Waals surface area contributed by atoms with Crippen LogP contribution in [0.3, 0.4) is 0 Å². The molecular weight excluding hydrogens is 396 g/mol. The van der Waals surface area contributed by atoms with E-state index >= 15 is 0 Å². The Morgan fingerprint density at radius 2 is 2.00 bits per heavy atom. The van der Waals surface area contributed by atoms with Crippen LogP contribution in [-0.2, 0) is 10.0 Å². The van der Waals surface area contributed by atoms with E-state index in [2.05, 4.69) is 5.32 Å². The van der Waals surface area contributed by atoms with Gasteiger partial charge in [0.1, 0.15) is 15.5 Å². The van der Waals surface area contributed by atoms with E-state index in [-0.39, 0.29) is 16.3 Å². The number of fused-ring (bicyclic) bond motifs is 1. The highest BCUT2D eigenvalue weighted by molar-refractivity contribution is 7.89. The van der Waals surface area contributed by atoms with Crippen molar-refractivity contribution in [2.75, 3.05) is 12.4 Å². The van der Waals surface area contributed by atoms with Crippen LogP contribution in [-0.4, -0.2) is 21.4 Å². The van der Waals surface area contributed by atoms with Crippen molar-refractivity contribution in [2.45, 2.75) is 11.8 Å². The summed E-state index contributed by atoms with van der Waals surface area (Å²) in [5.41, 5.74) is 1.24. The lowest BCUT2D eigenvalue weighted by Crippen LogP contribution is -2.15. The first kappa shape index (κ1) is 18.7. The molecule has 0 radical (unpaired) electrons. The number of aryl methyl sites for hydroxylation is 1. The predicted molar refractivity (Wildman–Crippen MR) is 104 cm³/mol. The van der Waals surface area contributed by atoms with Gasteiger partial charge in [0.2, 0.25) is 10.0 Å². The van der Waals surface area contributed by atoms with Gasteiger partial charge in [0, 0.05) is 15.8 Å². The molecule has 2 aromatic carbocycles. The highest BCUT2D eigenvalue weighted by atomic mass is 35.5. The third kappa shape index (κ3) is 3.41. The largest absolute Gasteiger partial charge is 0.495 e. The summed E-state index contributed by atoms with van der Waals surface area (Å²) >= 11 is 7.66. The molecule has 6 nitrogen and oxygen atoms in total. The molecule has 9 heteroatoms. The standard InChI is InChI=1S/C17H15ClN2O4S2/c1-9-4-3-5-12-14(9)15(18)16(25-12)17(21)20-10-6-7-11(24-2)13(8-10)26(19,22)23/h3-8H,1-2H3,(H,20,21)(H2,19,22,23). The molecule has 0 saturated carbocycles. The van der Waals surface area contributed by atoms with E-state index in [9.17, 15) is 13.2 Å². The Bertz CT molecular complexity index is 1120. The molecule has 0 atom stereocenters. The van der Waals surface area contributed by atoms with Crippen LogP contribution >= 0.6 is 22.9 Å². The van der Waals surface area contributed by atoms with Gasteiger partial charge in [-0.1, -0.05) is 23.7 Å². The van der Waals surface area contributed by atoms with Gasteiger partial charge in [-0.05, 0) is 36.8 Å². The molecule has 0 fully saturated rings. The minimum absolute atomic E-state index is 0.0982. The van der Waals surface area contributed by atoms with Gasteiger partial charge in [-0.25, -0.2) is 13.6 Å². The van der Waals surface area contributed by atoms with Crippen molar-refractivity contribution in [3.8, 4) is 5.75 Å². The number of thiophene rings is 1. The fourth-order valence-electron chi connectivity index (χ4n) is 2.59. The van der Waals surface area contributed by atoms with Gasteiger partial charge in [-0.2, -0.15) is 0 Å². The Morgan fingerprint density at radius 3 is 2.62 bits per heavy atom. The maximum Gasteiger partial charge on any atom is 0.267 e. The number of sulfonamides is 1. The van der Waals surface area contributed by atoms with Gasteiger partial charge < -0.3 is 10.1 Å². The number of hydrogen-bond donors (Lipinski definition) is 2. The first-order valence-corrected chi connectivity index (χ1v) is 10.2. The number of benzene rings is 2. The third-order valence-corrected chi connectivity index (χ3v) is 6.38. The van der Waals surface area contributed by atoms with E-state index in [0.29, 0.717) is 9.90 Å². The summed E-state index contributed by atoms with van der Waals surface area (Å²) in [5.74, 6) is -0.331. The average Bonchev–Trinajstić information content (AvgIpc) is 2.92. The quantitative estimate of drug-likeness (QED) is 0.683. The number of carbonyl (C=O) groups excluding carboxylic acids is 1. The second-order valence-electron chi connectivity index (χ2n) is 5.56. The van der Waals surface area contributed by atoms with Crippen molar-refractivity contribution in [3.05, 3.63) is 51.9 Å². The summed E-state index contributed by atoms with van der Waals surface area (Å²) in [5, 5.41) is 9.06. The summed E-state index contributed by atoms with van der Waals surface area (Å²) < 4.78 is 29.3. The number of hydrogen-bond acceptors (Lipinski definition) is 5. The summed E-state index contributed by atoms with van der Waals surface area (Å²) in [7, 11) is -2.67. The molecule has 0 bridgehead atoms. The number of methoxy groups -OCH3 is 1. The molecule has 3 N–H and O–H groups in total. The van der Waals surface area contributed by atoms with Crippen LogP contribution in [0, 0.1) is 6.92 Å². The second-order valence-corrected chi connectivity index (χ2v) is 8.52. The van der Waals surface area contributed by atoms with Gasteiger partial charge in [-0.3, -0.25) is 4.79 Å². The lowest BCUT2D eigenvalue weighted by molar-refractivity contribution is 0.103. The van der Waals surface area contributed by atoms with Crippen LogP contribution in [0.15, 0.2) is 41.3 Å². The van der Waals surface area contributed by atoms with Crippen LogP contribution < -0.4 is 15.2 Å². The van der Waals surface area contributed by atoms with Gasteiger partial charge in [-0.15, -0.1) is 11.3 Å². The van der Waals surface area contributed by atoms with E-state index in [0.717, 1.165) is 15.6 Å². The Kier molecular flexibility index (Phi) is 4.94. The zero-order chi connectivity index (χ0) is 19.1. The number of ether oxygens (including phenoxy) is 1. The van der Waals surface area contributed by atoms with Crippen molar-refractivity contribution in [1.29, 1.82) is 0 Å². The normalized spacial score (nSPS) is 11.5. The lowest BCUT2D eigenvalue weighted by atomic mass is 10.1. The van der Waals surface area contributed by atoms with Crippen molar-refractivity contribution in [3.63, 3.8) is 0 Å². The summed E-state index contributed by atoms with van der Waals surface area (Å²) in [6.07, 6.45) is 0. The monoisotopic (exact) mass is 410 g/mol. The number of primary sulfonamides is 1. The van der Waals surface area contributed by atoms with E-state index in [1.807, 2.05) is 25.1 Å². The fraction of sp³-hybridized carbons (Fsp3) is 0.118. The first-order valence-electron chi connectivity index (χ1n) is 7.42. The predicted octanol–water partition coefficient (Wildman–Crippen LogP) is 3.77. The summed E-state index contributed by atoms with van der Waals surface area (Å²) in [6, 6.07) is 9.91.